The van der Waals surface area contributed by atoms with Crippen LogP contribution in [0.1, 0.15) is 47.0 Å². The highest BCUT2D eigenvalue weighted by molar-refractivity contribution is 5.14. The van der Waals surface area contributed by atoms with Gasteiger partial charge in [0.2, 0.25) is 0 Å². The van der Waals surface area contributed by atoms with E-state index in [1.54, 1.807) is 0 Å². The van der Waals surface area contributed by atoms with Crippen LogP contribution in [0.25, 0.3) is 0 Å². The average molecular weight is 185 g/mol. The summed E-state index contributed by atoms with van der Waals surface area (Å²) in [7, 11) is 1.82. The molecule has 1 unspecified atom stereocenters. The van der Waals surface area contributed by atoms with Crippen molar-refractivity contribution in [2.24, 2.45) is 5.41 Å². The summed E-state index contributed by atoms with van der Waals surface area (Å²) in [5, 5.41) is 3.55. The summed E-state index contributed by atoms with van der Waals surface area (Å²) in [6.07, 6.45) is 3.58. The quantitative estimate of drug-likeness (QED) is 0.665. The lowest BCUT2D eigenvalue weighted by Crippen LogP contribution is -2.43. The molecule has 1 atom stereocenters. The Morgan fingerprint density at radius 1 is 1.31 bits per heavy atom. The highest BCUT2D eigenvalue weighted by atomic mass is 16.5. The standard InChI is InChI=1S/C11H23NO/c1-6-10(7-2)8-11(10,13-5)12-9(3)4/h9,12H,6-8H2,1-5H3. The van der Waals surface area contributed by atoms with Gasteiger partial charge in [-0.2, -0.15) is 0 Å². The lowest BCUT2D eigenvalue weighted by Gasteiger charge is -2.26. The minimum atomic E-state index is -0.0231. The van der Waals surface area contributed by atoms with Gasteiger partial charge in [-0.05, 0) is 26.7 Å². The van der Waals surface area contributed by atoms with E-state index >= 15 is 0 Å². The molecule has 2 heteroatoms. The number of hydrogen-bond acceptors (Lipinski definition) is 2. The van der Waals surface area contributed by atoms with Crippen LogP contribution in [0.3, 0.4) is 0 Å². The van der Waals surface area contributed by atoms with Gasteiger partial charge in [0.15, 0.2) is 0 Å². The smallest absolute Gasteiger partial charge is 0.125 e. The average Bonchev–Trinajstić information content (AvgIpc) is 2.74. The van der Waals surface area contributed by atoms with Crippen molar-refractivity contribution in [3.63, 3.8) is 0 Å². The van der Waals surface area contributed by atoms with Crippen LogP contribution in [0, 0.1) is 5.41 Å². The molecule has 2 nitrogen and oxygen atoms in total. The van der Waals surface area contributed by atoms with E-state index in [2.05, 4.69) is 33.0 Å². The van der Waals surface area contributed by atoms with Crippen LogP contribution in [0.2, 0.25) is 0 Å². The zero-order valence-corrected chi connectivity index (χ0v) is 9.61. The Morgan fingerprint density at radius 2 is 1.85 bits per heavy atom. The molecule has 1 saturated carbocycles. The van der Waals surface area contributed by atoms with E-state index in [1.165, 1.54) is 19.3 Å². The van der Waals surface area contributed by atoms with Gasteiger partial charge in [0.25, 0.3) is 0 Å². The topological polar surface area (TPSA) is 21.3 Å². The maximum Gasteiger partial charge on any atom is 0.125 e. The first kappa shape index (κ1) is 11.0. The molecule has 0 aliphatic heterocycles. The Kier molecular flexibility index (Phi) is 3.03. The van der Waals surface area contributed by atoms with Crippen molar-refractivity contribution >= 4 is 0 Å². The molecule has 1 aliphatic carbocycles. The normalized spacial score (nSPS) is 30.9. The number of ether oxygens (including phenoxy) is 1. The van der Waals surface area contributed by atoms with E-state index in [1.807, 2.05) is 7.11 Å². The first-order valence-corrected chi connectivity index (χ1v) is 5.38. The molecule has 0 spiro atoms. The Morgan fingerprint density at radius 3 is 2.08 bits per heavy atom. The van der Waals surface area contributed by atoms with E-state index < -0.39 is 0 Å². The van der Waals surface area contributed by atoms with Crippen molar-refractivity contribution < 1.29 is 4.74 Å². The molecule has 0 radical (unpaired) electrons. The third-order valence-corrected chi connectivity index (χ3v) is 3.54. The molecule has 0 bridgehead atoms. The van der Waals surface area contributed by atoms with E-state index in [4.69, 9.17) is 4.74 Å². The summed E-state index contributed by atoms with van der Waals surface area (Å²) >= 11 is 0. The lowest BCUT2D eigenvalue weighted by atomic mass is 9.98. The van der Waals surface area contributed by atoms with Gasteiger partial charge < -0.3 is 4.74 Å². The van der Waals surface area contributed by atoms with E-state index in [0.717, 1.165) is 0 Å². The molecule has 1 aliphatic rings. The highest BCUT2D eigenvalue weighted by Gasteiger charge is 2.66. The van der Waals surface area contributed by atoms with Crippen molar-refractivity contribution in [1.82, 2.24) is 5.32 Å². The molecule has 0 aromatic carbocycles. The second-order valence-corrected chi connectivity index (χ2v) is 4.49. The van der Waals surface area contributed by atoms with E-state index in [0.29, 0.717) is 11.5 Å². The fourth-order valence-electron chi connectivity index (χ4n) is 2.52. The van der Waals surface area contributed by atoms with E-state index in [9.17, 15) is 0 Å². The van der Waals surface area contributed by atoms with Crippen molar-refractivity contribution in [3.05, 3.63) is 0 Å². The molecular formula is C11H23NO. The zero-order chi connectivity index (χ0) is 10.1. The highest BCUT2D eigenvalue weighted by Crippen LogP contribution is 2.61. The Hall–Kier alpha value is -0.0800. The molecule has 0 aromatic heterocycles. The molecule has 1 N–H and O–H groups in total. The van der Waals surface area contributed by atoms with Crippen LogP contribution < -0.4 is 5.32 Å². The van der Waals surface area contributed by atoms with Crippen molar-refractivity contribution in [3.8, 4) is 0 Å². The van der Waals surface area contributed by atoms with Gasteiger partial charge in [-0.3, -0.25) is 5.32 Å². The van der Waals surface area contributed by atoms with Crippen LogP contribution in [0.4, 0.5) is 0 Å². The largest absolute Gasteiger partial charge is 0.363 e. The predicted octanol–water partition coefficient (Wildman–Crippen LogP) is 2.54. The maximum absolute atomic E-state index is 5.65. The monoisotopic (exact) mass is 185 g/mol. The molecule has 13 heavy (non-hydrogen) atoms. The van der Waals surface area contributed by atoms with Gasteiger partial charge in [-0.25, -0.2) is 0 Å². The molecule has 1 fully saturated rings. The summed E-state index contributed by atoms with van der Waals surface area (Å²) in [5.74, 6) is 0. The van der Waals surface area contributed by atoms with Gasteiger partial charge in [0.05, 0.1) is 0 Å². The van der Waals surface area contributed by atoms with Crippen LogP contribution in [0.15, 0.2) is 0 Å². The van der Waals surface area contributed by atoms with Gasteiger partial charge in [0.1, 0.15) is 5.72 Å². The summed E-state index contributed by atoms with van der Waals surface area (Å²) in [6.45, 7) is 8.86. The lowest BCUT2D eigenvalue weighted by molar-refractivity contribution is 0.00317. The number of hydrogen-bond donors (Lipinski definition) is 1. The first-order valence-electron chi connectivity index (χ1n) is 5.38. The number of nitrogens with one attached hydrogen (secondary N) is 1. The van der Waals surface area contributed by atoms with Gasteiger partial charge in [0, 0.05) is 25.0 Å². The third kappa shape index (κ3) is 1.62. The second-order valence-electron chi connectivity index (χ2n) is 4.49. The molecule has 0 heterocycles. The minimum absolute atomic E-state index is 0.0231. The molecular weight excluding hydrogens is 162 g/mol. The molecule has 1 rings (SSSR count). The SMILES string of the molecule is CCC1(CC)CC1(NC(C)C)OC. The van der Waals surface area contributed by atoms with Gasteiger partial charge in [-0.15, -0.1) is 0 Å². The van der Waals surface area contributed by atoms with Crippen LogP contribution in [-0.2, 0) is 4.74 Å². The van der Waals surface area contributed by atoms with Crippen LogP contribution >= 0.6 is 0 Å². The molecule has 0 saturated heterocycles. The number of rotatable bonds is 5. The second kappa shape index (κ2) is 3.58. The molecule has 78 valence electrons. The third-order valence-electron chi connectivity index (χ3n) is 3.54. The maximum atomic E-state index is 5.65. The predicted molar refractivity (Wildman–Crippen MR) is 55.6 cm³/mol. The van der Waals surface area contributed by atoms with Gasteiger partial charge >= 0.3 is 0 Å². The molecule has 0 aromatic rings. The van der Waals surface area contributed by atoms with E-state index in [-0.39, 0.29) is 5.72 Å². The van der Waals surface area contributed by atoms with Crippen LogP contribution in [-0.4, -0.2) is 18.9 Å². The number of methoxy groups -OCH3 is 1. The van der Waals surface area contributed by atoms with Crippen molar-refractivity contribution in [2.75, 3.05) is 7.11 Å². The van der Waals surface area contributed by atoms with Crippen molar-refractivity contribution in [1.29, 1.82) is 0 Å². The Bertz CT molecular complexity index is 175. The zero-order valence-electron chi connectivity index (χ0n) is 9.61. The van der Waals surface area contributed by atoms with Crippen LogP contribution in [0.5, 0.6) is 0 Å². The Labute approximate surface area is 82.0 Å². The van der Waals surface area contributed by atoms with Crippen molar-refractivity contribution in [2.45, 2.75) is 58.7 Å². The fourth-order valence-corrected chi connectivity index (χ4v) is 2.52. The summed E-state index contributed by atoms with van der Waals surface area (Å²) in [4.78, 5) is 0. The molecule has 0 amide bonds. The van der Waals surface area contributed by atoms with Gasteiger partial charge in [-0.1, -0.05) is 13.8 Å². The first-order chi connectivity index (χ1) is 6.06. The fraction of sp³-hybridized carbons (Fsp3) is 1.00. The Balaban J connectivity index is 2.66. The summed E-state index contributed by atoms with van der Waals surface area (Å²) in [5.41, 5.74) is 0.372. The summed E-state index contributed by atoms with van der Waals surface area (Å²) < 4.78 is 5.65. The summed E-state index contributed by atoms with van der Waals surface area (Å²) in [6, 6.07) is 0.500. The minimum Gasteiger partial charge on any atom is -0.363 e.